The summed E-state index contributed by atoms with van der Waals surface area (Å²) in [4.78, 5) is 0.348. The van der Waals surface area contributed by atoms with Crippen LogP contribution in [0.3, 0.4) is 0 Å². The Balaban J connectivity index is 1.95. The molecule has 6 heteroatoms. The molecule has 0 aliphatic heterocycles. The molecule has 124 valence electrons. The van der Waals surface area contributed by atoms with Gasteiger partial charge in [0.25, 0.3) is 0 Å². The van der Waals surface area contributed by atoms with Gasteiger partial charge >= 0.3 is 0 Å². The van der Waals surface area contributed by atoms with E-state index < -0.39 is 9.84 Å². The minimum absolute atomic E-state index is 0.0426. The molecule has 0 heterocycles. The summed E-state index contributed by atoms with van der Waals surface area (Å²) in [6.07, 6.45) is 0. The second-order valence-corrected chi connectivity index (χ2v) is 7.79. The Morgan fingerprint density at radius 1 is 1.17 bits per heavy atom. The van der Waals surface area contributed by atoms with E-state index >= 15 is 0 Å². The highest BCUT2D eigenvalue weighted by Crippen LogP contribution is 2.24. The summed E-state index contributed by atoms with van der Waals surface area (Å²) in [5, 5.41) is 3.75. The van der Waals surface area contributed by atoms with Crippen LogP contribution in [0.1, 0.15) is 12.5 Å². The Bertz CT molecular complexity index is 748. The van der Waals surface area contributed by atoms with Crippen molar-refractivity contribution in [2.75, 3.05) is 12.9 Å². The minimum atomic E-state index is -3.29. The molecule has 0 bridgehead atoms. The van der Waals surface area contributed by atoms with Crippen LogP contribution < -0.4 is 10.1 Å². The monoisotopic (exact) mass is 353 g/mol. The van der Waals surface area contributed by atoms with Gasteiger partial charge in [0, 0.05) is 12.6 Å². The zero-order chi connectivity index (χ0) is 16.9. The number of nitrogens with one attached hydrogen (secondary N) is 1. The molecule has 0 aromatic heterocycles. The molecule has 0 aliphatic carbocycles. The van der Waals surface area contributed by atoms with E-state index in [1.807, 2.05) is 19.1 Å². The fraction of sp³-hybridized carbons (Fsp3) is 0.294. The van der Waals surface area contributed by atoms with Crippen LogP contribution in [0.5, 0.6) is 5.75 Å². The zero-order valence-corrected chi connectivity index (χ0v) is 14.7. The normalized spacial score (nSPS) is 12.8. The van der Waals surface area contributed by atoms with Crippen molar-refractivity contribution in [3.63, 3.8) is 0 Å². The SMILES string of the molecule is COc1ccc(CN[C@@H](C)CS(=O)(=O)c2ccccc2)cc1Cl. The lowest BCUT2D eigenvalue weighted by Crippen LogP contribution is -2.32. The smallest absolute Gasteiger partial charge is 0.179 e. The van der Waals surface area contributed by atoms with E-state index in [9.17, 15) is 8.42 Å². The Hall–Kier alpha value is -1.56. The summed E-state index contributed by atoms with van der Waals surface area (Å²) in [7, 11) is -1.73. The van der Waals surface area contributed by atoms with Crippen LogP contribution in [0.4, 0.5) is 0 Å². The molecule has 23 heavy (non-hydrogen) atoms. The quantitative estimate of drug-likeness (QED) is 0.829. The lowest BCUT2D eigenvalue weighted by Gasteiger charge is -2.15. The summed E-state index contributed by atoms with van der Waals surface area (Å²) in [5.41, 5.74) is 0.972. The topological polar surface area (TPSA) is 55.4 Å². The maximum Gasteiger partial charge on any atom is 0.179 e. The highest BCUT2D eigenvalue weighted by molar-refractivity contribution is 7.91. The third-order valence-corrected chi connectivity index (χ3v) is 5.67. The van der Waals surface area contributed by atoms with Gasteiger partial charge in [-0.15, -0.1) is 0 Å². The predicted molar refractivity (Wildman–Crippen MR) is 92.8 cm³/mol. The fourth-order valence-corrected chi connectivity index (χ4v) is 4.04. The first-order chi connectivity index (χ1) is 10.9. The van der Waals surface area contributed by atoms with Gasteiger partial charge in [0.1, 0.15) is 5.75 Å². The number of rotatable bonds is 7. The second kappa shape index (κ2) is 7.81. The van der Waals surface area contributed by atoms with Crippen molar-refractivity contribution in [3.8, 4) is 5.75 Å². The van der Waals surface area contributed by atoms with Crippen LogP contribution in [-0.4, -0.2) is 27.3 Å². The molecule has 1 atom stereocenters. The molecule has 0 saturated carbocycles. The lowest BCUT2D eigenvalue weighted by atomic mass is 10.2. The summed E-state index contributed by atoms with van der Waals surface area (Å²) >= 11 is 6.08. The van der Waals surface area contributed by atoms with Crippen molar-refractivity contribution in [2.45, 2.75) is 24.4 Å². The molecule has 4 nitrogen and oxygen atoms in total. The van der Waals surface area contributed by atoms with Gasteiger partial charge < -0.3 is 10.1 Å². The van der Waals surface area contributed by atoms with Crippen molar-refractivity contribution in [3.05, 3.63) is 59.1 Å². The zero-order valence-electron chi connectivity index (χ0n) is 13.1. The number of ether oxygens (including phenoxy) is 1. The Morgan fingerprint density at radius 2 is 1.87 bits per heavy atom. The maximum atomic E-state index is 12.3. The van der Waals surface area contributed by atoms with E-state index in [4.69, 9.17) is 16.3 Å². The summed E-state index contributed by atoms with van der Waals surface area (Å²) < 4.78 is 29.7. The van der Waals surface area contributed by atoms with E-state index in [2.05, 4.69) is 5.32 Å². The number of methoxy groups -OCH3 is 1. The standard InChI is InChI=1S/C17H20ClNO3S/c1-13(12-23(20,21)15-6-4-3-5-7-15)19-11-14-8-9-17(22-2)16(18)10-14/h3-10,13,19H,11-12H2,1-2H3/t13-/m0/s1. The molecule has 0 amide bonds. The molecule has 0 spiro atoms. The van der Waals surface area contributed by atoms with Crippen molar-refractivity contribution in [1.82, 2.24) is 5.32 Å². The molecule has 2 aromatic rings. The van der Waals surface area contributed by atoms with Crippen LogP contribution in [0.2, 0.25) is 5.02 Å². The lowest BCUT2D eigenvalue weighted by molar-refractivity contribution is 0.415. The molecule has 0 fully saturated rings. The first-order valence-corrected chi connectivity index (χ1v) is 9.29. The van der Waals surface area contributed by atoms with Crippen LogP contribution >= 0.6 is 11.6 Å². The molecule has 0 aliphatic rings. The third kappa shape index (κ3) is 4.96. The van der Waals surface area contributed by atoms with Gasteiger partial charge in [0.15, 0.2) is 9.84 Å². The molecular weight excluding hydrogens is 334 g/mol. The van der Waals surface area contributed by atoms with Gasteiger partial charge in [0.2, 0.25) is 0 Å². The molecule has 2 aromatic carbocycles. The Kier molecular flexibility index (Phi) is 6.04. The minimum Gasteiger partial charge on any atom is -0.495 e. The van der Waals surface area contributed by atoms with Crippen LogP contribution in [0.15, 0.2) is 53.4 Å². The van der Waals surface area contributed by atoms with E-state index in [-0.39, 0.29) is 11.8 Å². The largest absolute Gasteiger partial charge is 0.495 e. The number of benzene rings is 2. The number of sulfone groups is 1. The average Bonchev–Trinajstić information content (AvgIpc) is 2.53. The molecule has 1 N–H and O–H groups in total. The van der Waals surface area contributed by atoms with Crippen LogP contribution in [-0.2, 0) is 16.4 Å². The van der Waals surface area contributed by atoms with Gasteiger partial charge in [-0.05, 0) is 36.8 Å². The maximum absolute atomic E-state index is 12.3. The first-order valence-electron chi connectivity index (χ1n) is 7.26. The molecular formula is C17H20ClNO3S. The van der Waals surface area contributed by atoms with Gasteiger partial charge in [0.05, 0.1) is 22.8 Å². The van der Waals surface area contributed by atoms with Gasteiger partial charge in [-0.25, -0.2) is 8.42 Å². The molecule has 2 rings (SSSR count). The van der Waals surface area contributed by atoms with Crippen molar-refractivity contribution in [2.24, 2.45) is 0 Å². The highest BCUT2D eigenvalue weighted by atomic mass is 35.5. The number of halogens is 1. The van der Waals surface area contributed by atoms with E-state index in [0.717, 1.165) is 5.56 Å². The van der Waals surface area contributed by atoms with E-state index in [1.165, 1.54) is 0 Å². The van der Waals surface area contributed by atoms with Gasteiger partial charge in [-0.2, -0.15) is 0 Å². The fourth-order valence-electron chi connectivity index (χ4n) is 2.22. The van der Waals surface area contributed by atoms with Crippen molar-refractivity contribution < 1.29 is 13.2 Å². The predicted octanol–water partition coefficient (Wildman–Crippen LogP) is 3.30. The third-order valence-electron chi connectivity index (χ3n) is 3.44. The Labute approximate surface area is 142 Å². The van der Waals surface area contributed by atoms with E-state index in [1.54, 1.807) is 43.5 Å². The average molecular weight is 354 g/mol. The summed E-state index contributed by atoms with van der Waals surface area (Å²) in [6, 6.07) is 13.8. The molecule has 0 saturated heterocycles. The number of hydrogen-bond donors (Lipinski definition) is 1. The van der Waals surface area contributed by atoms with Gasteiger partial charge in [-0.3, -0.25) is 0 Å². The van der Waals surface area contributed by atoms with Gasteiger partial charge in [-0.1, -0.05) is 35.9 Å². The Morgan fingerprint density at radius 3 is 2.48 bits per heavy atom. The molecule has 0 unspecified atom stereocenters. The first kappa shape index (κ1) is 17.8. The van der Waals surface area contributed by atoms with Crippen molar-refractivity contribution in [1.29, 1.82) is 0 Å². The second-order valence-electron chi connectivity index (χ2n) is 5.35. The van der Waals surface area contributed by atoms with Crippen LogP contribution in [0, 0.1) is 0 Å². The molecule has 0 radical (unpaired) electrons. The summed E-state index contributed by atoms with van der Waals surface area (Å²) in [5.74, 6) is 0.663. The van der Waals surface area contributed by atoms with E-state index in [0.29, 0.717) is 22.2 Å². The number of hydrogen-bond acceptors (Lipinski definition) is 4. The summed E-state index contributed by atoms with van der Waals surface area (Å²) in [6.45, 7) is 2.39. The van der Waals surface area contributed by atoms with Crippen LogP contribution in [0.25, 0.3) is 0 Å². The highest BCUT2D eigenvalue weighted by Gasteiger charge is 2.17. The van der Waals surface area contributed by atoms with Crippen molar-refractivity contribution >= 4 is 21.4 Å².